The van der Waals surface area contributed by atoms with Crippen LogP contribution in [0.1, 0.15) is 71.8 Å². The molecule has 1 aliphatic carbocycles. The lowest BCUT2D eigenvalue weighted by atomic mass is 10.0. The molecule has 48 heavy (non-hydrogen) atoms. The number of amides is 3. The normalized spacial score (nSPS) is 27.1. The maximum absolute atomic E-state index is 14.7. The topological polar surface area (TPSA) is 172 Å². The number of carbonyl (C=O) groups excluding carboxylic acids is 3. The Bertz CT molecular complexity index is 1580. The number of halogens is 2. The van der Waals surface area contributed by atoms with E-state index in [1.54, 1.807) is 20.8 Å². The van der Waals surface area contributed by atoms with E-state index in [-0.39, 0.29) is 42.9 Å². The number of ether oxygens (including phenoxy) is 1. The summed E-state index contributed by atoms with van der Waals surface area (Å²) in [7, 11) is 3.02. The van der Waals surface area contributed by atoms with Gasteiger partial charge in [0.15, 0.2) is 0 Å². The minimum atomic E-state index is -1.50. The molecule has 14 nitrogen and oxygen atoms in total. The molecule has 16 heteroatoms. The number of nitrogens with zero attached hydrogens (tertiary/aromatic N) is 6. The quantitative estimate of drug-likeness (QED) is 0.401. The summed E-state index contributed by atoms with van der Waals surface area (Å²) in [5.74, 6) is -4.48. The molecule has 2 aliphatic heterocycles. The highest BCUT2D eigenvalue weighted by Crippen LogP contribution is 2.45. The summed E-state index contributed by atoms with van der Waals surface area (Å²) in [5.41, 5.74) is -2.50. The second-order valence-corrected chi connectivity index (χ2v) is 13.9. The number of carboxylic acid groups (broad SMARTS) is 1. The Kier molecular flexibility index (Phi) is 9.74. The van der Waals surface area contributed by atoms with Crippen molar-refractivity contribution in [2.45, 2.75) is 95.0 Å². The number of allylic oxidation sites excluding steroid dienone is 1. The van der Waals surface area contributed by atoms with Crippen LogP contribution in [0.5, 0.6) is 0 Å². The molecule has 0 unspecified atom stereocenters. The van der Waals surface area contributed by atoms with E-state index in [0.717, 1.165) is 25.0 Å². The van der Waals surface area contributed by atoms with E-state index in [2.05, 4.69) is 26.0 Å². The molecule has 3 N–H and O–H groups in total. The molecule has 1 saturated carbocycles. The average Bonchev–Trinajstić information content (AvgIpc) is 3.30. The van der Waals surface area contributed by atoms with E-state index < -0.39 is 70.7 Å². The lowest BCUT2D eigenvalue weighted by Gasteiger charge is -2.30. The molecule has 3 aliphatic rings. The maximum Gasteiger partial charge on any atom is 0.408 e. The number of aliphatic carboxylic acids is 1. The van der Waals surface area contributed by atoms with Gasteiger partial charge < -0.3 is 30.3 Å². The van der Waals surface area contributed by atoms with Gasteiger partial charge in [-0.15, -0.1) is 10.2 Å². The summed E-state index contributed by atoms with van der Waals surface area (Å²) in [6, 6.07) is -0.696. The van der Waals surface area contributed by atoms with Gasteiger partial charge in [-0.3, -0.25) is 9.59 Å². The molecular formula is C32H42F2N8O6. The zero-order valence-corrected chi connectivity index (χ0v) is 27.7. The molecule has 0 radical (unpaired) electrons. The fourth-order valence-corrected chi connectivity index (χ4v) is 6.31. The average molecular weight is 673 g/mol. The molecule has 0 bridgehead atoms. The minimum absolute atomic E-state index is 0.00890. The zero-order valence-electron chi connectivity index (χ0n) is 27.7. The molecule has 2 aromatic rings. The van der Waals surface area contributed by atoms with Gasteiger partial charge in [0.05, 0.1) is 6.04 Å². The number of carboxylic acids is 1. The SMILES string of the molecule is CN(C)c1c(F)cc(-c2nnn([C@@H]3C[C@H]4C(=O)N[C@]5(C(=O)O)C[C@H]5/C=C\CCCCC[C@H](NC(=O)OC(C)(C)C)C(=O)N4C3)n2)cc1F. The Balaban J connectivity index is 1.45. The van der Waals surface area contributed by atoms with Crippen molar-refractivity contribution in [3.63, 3.8) is 0 Å². The molecule has 1 saturated heterocycles. The summed E-state index contributed by atoms with van der Waals surface area (Å²) in [4.78, 5) is 57.0. The van der Waals surface area contributed by atoms with Crippen LogP contribution in [0.3, 0.4) is 0 Å². The monoisotopic (exact) mass is 672 g/mol. The highest BCUT2D eigenvalue weighted by molar-refractivity contribution is 5.96. The zero-order chi connectivity index (χ0) is 35.0. The van der Waals surface area contributed by atoms with E-state index in [1.165, 1.54) is 28.7 Å². The number of fused-ring (bicyclic) bond motifs is 2. The standard InChI is InChI=1S/C32H42F2N8O6/c1-31(2,3)48-30(47)35-23-12-10-8-6-7-9-11-19-16-32(19,29(45)46)36-27(43)24-15-20(17-41(24)28(23)44)42-38-26(37-39-42)18-13-21(33)25(40(4)5)22(34)14-18/h9,11,13-14,19-20,23-24H,6-8,10,12,15-17H2,1-5H3,(H,35,47)(H,36,43)(H,45,46)/b11-9-/t19-,20-,23+,24+,32-/m1/s1. The Morgan fingerprint density at radius 1 is 1.15 bits per heavy atom. The predicted molar refractivity (Wildman–Crippen MR) is 169 cm³/mol. The molecule has 260 valence electrons. The van der Waals surface area contributed by atoms with Crippen LogP contribution in [0, 0.1) is 17.6 Å². The lowest BCUT2D eigenvalue weighted by Crippen LogP contribution is -2.56. The highest BCUT2D eigenvalue weighted by atomic mass is 19.1. The predicted octanol–water partition coefficient (Wildman–Crippen LogP) is 3.20. The molecule has 0 spiro atoms. The van der Waals surface area contributed by atoms with E-state index in [9.17, 15) is 33.1 Å². The number of anilines is 1. The van der Waals surface area contributed by atoms with E-state index >= 15 is 0 Å². The van der Waals surface area contributed by atoms with Crippen LogP contribution >= 0.6 is 0 Å². The van der Waals surface area contributed by atoms with Crippen LogP contribution < -0.4 is 15.5 Å². The number of hydrogen-bond donors (Lipinski definition) is 3. The van der Waals surface area contributed by atoms with Crippen LogP contribution in [0.2, 0.25) is 0 Å². The number of alkyl carbamates (subject to hydrolysis) is 1. The van der Waals surface area contributed by atoms with Crippen LogP contribution in [-0.2, 0) is 19.1 Å². The first kappa shape index (κ1) is 34.7. The van der Waals surface area contributed by atoms with Crippen molar-refractivity contribution in [3.8, 4) is 11.4 Å². The number of carbonyl (C=O) groups is 4. The number of rotatable bonds is 5. The first-order valence-corrected chi connectivity index (χ1v) is 16.1. The van der Waals surface area contributed by atoms with Gasteiger partial charge in [-0.2, -0.15) is 4.80 Å². The van der Waals surface area contributed by atoms with Crippen LogP contribution in [0.4, 0.5) is 19.3 Å². The Hall–Kier alpha value is -4.63. The largest absolute Gasteiger partial charge is 0.479 e. The van der Waals surface area contributed by atoms with Gasteiger partial charge in [0.1, 0.15) is 40.5 Å². The van der Waals surface area contributed by atoms with Crippen molar-refractivity contribution in [1.82, 2.24) is 35.7 Å². The Morgan fingerprint density at radius 3 is 2.50 bits per heavy atom. The molecule has 5 rings (SSSR count). The van der Waals surface area contributed by atoms with Gasteiger partial charge in [0.25, 0.3) is 0 Å². The summed E-state index contributed by atoms with van der Waals surface area (Å²) in [5, 5.41) is 27.8. The third-order valence-corrected chi connectivity index (χ3v) is 8.81. The summed E-state index contributed by atoms with van der Waals surface area (Å²) < 4.78 is 34.9. The lowest BCUT2D eigenvalue weighted by molar-refractivity contribution is -0.145. The van der Waals surface area contributed by atoms with Crippen molar-refractivity contribution in [1.29, 1.82) is 0 Å². The Labute approximate surface area is 276 Å². The number of benzene rings is 1. The van der Waals surface area contributed by atoms with Crippen molar-refractivity contribution in [3.05, 3.63) is 35.9 Å². The van der Waals surface area contributed by atoms with Gasteiger partial charge in [-0.05, 0) is 63.8 Å². The molecular weight excluding hydrogens is 630 g/mol. The number of hydrogen-bond acceptors (Lipinski definition) is 9. The molecule has 1 aromatic heterocycles. The molecule has 5 atom stereocenters. The van der Waals surface area contributed by atoms with Gasteiger partial charge in [0, 0.05) is 38.5 Å². The third-order valence-electron chi connectivity index (χ3n) is 8.81. The highest BCUT2D eigenvalue weighted by Gasteiger charge is 2.61. The van der Waals surface area contributed by atoms with E-state index in [1.807, 2.05) is 12.2 Å². The third kappa shape index (κ3) is 7.41. The molecule has 3 heterocycles. The van der Waals surface area contributed by atoms with Gasteiger partial charge in [-0.1, -0.05) is 25.0 Å². The number of tetrazole rings is 1. The van der Waals surface area contributed by atoms with Gasteiger partial charge >= 0.3 is 12.1 Å². The fourth-order valence-electron chi connectivity index (χ4n) is 6.31. The maximum atomic E-state index is 14.7. The van der Waals surface area contributed by atoms with Crippen molar-refractivity contribution in [2.24, 2.45) is 5.92 Å². The minimum Gasteiger partial charge on any atom is -0.479 e. The summed E-state index contributed by atoms with van der Waals surface area (Å²) in [6.45, 7) is 5.02. The first-order valence-electron chi connectivity index (χ1n) is 16.1. The van der Waals surface area contributed by atoms with Gasteiger partial charge in [-0.25, -0.2) is 18.4 Å². The smallest absolute Gasteiger partial charge is 0.408 e. The van der Waals surface area contributed by atoms with E-state index in [0.29, 0.717) is 12.8 Å². The number of nitrogens with one attached hydrogen (secondary N) is 2. The van der Waals surface area contributed by atoms with Crippen LogP contribution in [0.15, 0.2) is 24.3 Å². The molecule has 2 fully saturated rings. The van der Waals surface area contributed by atoms with Crippen LogP contribution in [0.25, 0.3) is 11.4 Å². The fraction of sp³-hybridized carbons (Fsp3) is 0.594. The summed E-state index contributed by atoms with van der Waals surface area (Å²) >= 11 is 0. The Morgan fingerprint density at radius 2 is 1.85 bits per heavy atom. The second-order valence-electron chi connectivity index (χ2n) is 13.9. The molecule has 3 amide bonds. The van der Waals surface area contributed by atoms with Crippen molar-refractivity contribution in [2.75, 3.05) is 25.5 Å². The molecule has 1 aromatic carbocycles. The van der Waals surface area contributed by atoms with Gasteiger partial charge in [0.2, 0.25) is 17.6 Å². The van der Waals surface area contributed by atoms with Crippen LogP contribution in [-0.4, -0.2) is 98.0 Å². The van der Waals surface area contributed by atoms with Crippen molar-refractivity contribution < 1.29 is 37.8 Å². The second kappa shape index (κ2) is 13.5. The van der Waals surface area contributed by atoms with Crippen molar-refractivity contribution >= 4 is 29.6 Å². The first-order chi connectivity index (χ1) is 22.6. The van der Waals surface area contributed by atoms with E-state index in [4.69, 9.17) is 4.74 Å². The number of aromatic nitrogens is 4. The summed E-state index contributed by atoms with van der Waals surface area (Å²) in [6.07, 6.45) is 6.30.